The van der Waals surface area contributed by atoms with E-state index in [1.54, 1.807) is 18.2 Å². The van der Waals surface area contributed by atoms with Gasteiger partial charge in [0.25, 0.3) is 5.91 Å². The third kappa shape index (κ3) is 7.03. The van der Waals surface area contributed by atoms with Gasteiger partial charge in [0.1, 0.15) is 5.82 Å². The van der Waals surface area contributed by atoms with Crippen LogP contribution in [0, 0.1) is 0 Å². The Bertz CT molecular complexity index is 832. The second-order valence-electron chi connectivity index (χ2n) is 7.96. The highest BCUT2D eigenvalue weighted by molar-refractivity contribution is 5.96. The molecule has 1 aromatic heterocycles. The molecule has 4 heteroatoms. The number of nitrogens with one attached hydrogen (secondary N) is 1. The van der Waals surface area contributed by atoms with Crippen LogP contribution in [0.2, 0.25) is 0 Å². The number of carbonyl (C=O) groups is 1. The summed E-state index contributed by atoms with van der Waals surface area (Å²) in [6.45, 7) is 21.7. The summed E-state index contributed by atoms with van der Waals surface area (Å²) < 4.78 is 0. The fourth-order valence-corrected chi connectivity index (χ4v) is 2.39. The minimum absolute atomic E-state index is 0.148. The van der Waals surface area contributed by atoms with Crippen LogP contribution in [-0.4, -0.2) is 16.4 Å². The lowest BCUT2D eigenvalue weighted by Gasteiger charge is -2.23. The molecule has 1 N–H and O–H groups in total. The fraction of sp³-hybridized carbons (Fsp3) is 0.333. The van der Waals surface area contributed by atoms with Crippen molar-refractivity contribution in [2.24, 2.45) is 0 Å². The second-order valence-corrected chi connectivity index (χ2v) is 7.96. The average Bonchev–Trinajstić information content (AvgIpc) is 2.58. The van der Waals surface area contributed by atoms with Crippen LogP contribution in [0.5, 0.6) is 0 Å². The van der Waals surface area contributed by atoms with E-state index in [9.17, 15) is 4.79 Å². The van der Waals surface area contributed by atoms with E-state index in [1.807, 2.05) is 77.8 Å². The third-order valence-corrected chi connectivity index (χ3v) is 3.63. The minimum Gasteiger partial charge on any atom is -0.347 e. The van der Waals surface area contributed by atoms with Crippen molar-refractivity contribution < 1.29 is 4.79 Å². The van der Waals surface area contributed by atoms with Crippen molar-refractivity contribution in [1.82, 2.24) is 10.3 Å². The third-order valence-electron chi connectivity index (χ3n) is 3.63. The molecule has 0 saturated heterocycles. The molecule has 0 aliphatic rings. The van der Waals surface area contributed by atoms with Crippen molar-refractivity contribution in [2.75, 3.05) is 4.90 Å². The molecule has 0 aliphatic carbocycles. The number of pyridine rings is 1. The second kappa shape index (κ2) is 9.88. The van der Waals surface area contributed by atoms with Crippen LogP contribution in [0.1, 0.15) is 64.5 Å². The zero-order chi connectivity index (χ0) is 21.5. The van der Waals surface area contributed by atoms with Gasteiger partial charge in [-0.25, -0.2) is 4.98 Å². The molecule has 1 aromatic rings. The largest absolute Gasteiger partial charge is 0.347 e. The van der Waals surface area contributed by atoms with E-state index in [0.29, 0.717) is 17.1 Å². The summed E-state index contributed by atoms with van der Waals surface area (Å²) in [5, 5.41) is 3.01. The molecule has 0 atom stereocenters. The molecule has 4 nitrogen and oxygen atoms in total. The number of hydrogen-bond donors (Lipinski definition) is 1. The summed E-state index contributed by atoms with van der Waals surface area (Å²) in [5.74, 6) is 0.484. The summed E-state index contributed by atoms with van der Waals surface area (Å²) in [6.07, 6.45) is 9.50. The predicted molar refractivity (Wildman–Crippen MR) is 121 cm³/mol. The summed E-state index contributed by atoms with van der Waals surface area (Å²) in [4.78, 5) is 19.5. The van der Waals surface area contributed by atoms with Gasteiger partial charge in [-0.1, -0.05) is 43.0 Å². The Morgan fingerprint density at radius 1 is 1.18 bits per heavy atom. The Labute approximate surface area is 170 Å². The molecule has 1 rings (SSSR count). The molecule has 0 bridgehead atoms. The van der Waals surface area contributed by atoms with E-state index in [0.717, 1.165) is 11.3 Å². The van der Waals surface area contributed by atoms with Crippen molar-refractivity contribution >= 4 is 17.3 Å². The lowest BCUT2D eigenvalue weighted by molar-refractivity contribution is 0.0919. The molecule has 1 heterocycles. The number of rotatable bonds is 7. The van der Waals surface area contributed by atoms with Gasteiger partial charge < -0.3 is 10.2 Å². The first-order valence-corrected chi connectivity index (χ1v) is 9.38. The maximum atomic E-state index is 12.8. The first-order chi connectivity index (χ1) is 13.0. The highest BCUT2D eigenvalue weighted by Gasteiger charge is 2.19. The quantitative estimate of drug-likeness (QED) is 0.589. The number of aromatic nitrogens is 1. The zero-order valence-corrected chi connectivity index (χ0v) is 18.3. The predicted octanol–water partition coefficient (Wildman–Crippen LogP) is 6.02. The Morgan fingerprint density at radius 2 is 1.82 bits per heavy atom. The normalized spacial score (nSPS) is 11.9. The van der Waals surface area contributed by atoms with Gasteiger partial charge in [0.05, 0.1) is 5.69 Å². The van der Waals surface area contributed by atoms with Crippen molar-refractivity contribution in [3.63, 3.8) is 0 Å². The lowest BCUT2D eigenvalue weighted by Crippen LogP contribution is -2.40. The number of hydrogen-bond acceptors (Lipinski definition) is 3. The van der Waals surface area contributed by atoms with Gasteiger partial charge in [0.15, 0.2) is 0 Å². The molecule has 0 aliphatic heterocycles. The highest BCUT2D eigenvalue weighted by atomic mass is 16.1. The SMILES string of the molecule is C=C/C(=C\C=C(C)C)c1cc(C(=O)NC(C)(C)C)cc(N(/C=C\C)C(=C)C)n1. The van der Waals surface area contributed by atoms with Gasteiger partial charge in [0.2, 0.25) is 0 Å². The summed E-state index contributed by atoms with van der Waals surface area (Å²) in [6, 6.07) is 3.57. The molecule has 0 unspecified atom stereocenters. The van der Waals surface area contributed by atoms with Crippen molar-refractivity contribution in [1.29, 1.82) is 0 Å². The van der Waals surface area contributed by atoms with Gasteiger partial charge in [-0.3, -0.25) is 4.79 Å². The Kier molecular flexibility index (Phi) is 8.17. The van der Waals surface area contributed by atoms with E-state index in [4.69, 9.17) is 4.98 Å². The number of carbonyl (C=O) groups excluding carboxylic acids is 1. The van der Waals surface area contributed by atoms with E-state index < -0.39 is 0 Å². The van der Waals surface area contributed by atoms with E-state index >= 15 is 0 Å². The topological polar surface area (TPSA) is 45.2 Å². The van der Waals surface area contributed by atoms with Crippen LogP contribution in [-0.2, 0) is 0 Å². The van der Waals surface area contributed by atoms with Gasteiger partial charge in [-0.2, -0.15) is 0 Å². The minimum atomic E-state index is -0.336. The van der Waals surface area contributed by atoms with Gasteiger partial charge in [-0.15, -0.1) is 0 Å². The van der Waals surface area contributed by atoms with Crippen LogP contribution in [0.3, 0.4) is 0 Å². The monoisotopic (exact) mass is 379 g/mol. The number of anilines is 1. The van der Waals surface area contributed by atoms with E-state index in [2.05, 4.69) is 18.5 Å². The molecule has 0 spiro atoms. The Morgan fingerprint density at radius 3 is 2.29 bits per heavy atom. The van der Waals surface area contributed by atoms with Crippen LogP contribution in [0.4, 0.5) is 5.82 Å². The molecule has 0 radical (unpaired) electrons. The first-order valence-electron chi connectivity index (χ1n) is 9.38. The maximum absolute atomic E-state index is 12.8. The summed E-state index contributed by atoms with van der Waals surface area (Å²) in [5.41, 5.74) is 3.69. The summed E-state index contributed by atoms with van der Waals surface area (Å²) >= 11 is 0. The number of allylic oxidation sites excluding steroid dienone is 7. The Balaban J connectivity index is 3.65. The van der Waals surface area contributed by atoms with Crippen molar-refractivity contribution in [2.45, 2.75) is 54.0 Å². The van der Waals surface area contributed by atoms with Gasteiger partial charge in [-0.05, 0) is 66.2 Å². The molecule has 1 amide bonds. The highest BCUT2D eigenvalue weighted by Crippen LogP contribution is 2.24. The molecular formula is C24H33N3O. The standard InChI is InChI=1S/C24H33N3O/c1-10-14-27(18(5)6)22-16-20(23(28)26-24(7,8)9)15-21(25-22)19(11-2)13-12-17(3)4/h10-16H,2,5H2,1,3-4,6-9H3,(H,26,28)/b14-10-,19-13+. The zero-order valence-electron chi connectivity index (χ0n) is 18.3. The molecular weight excluding hydrogens is 346 g/mol. The molecule has 0 fully saturated rings. The van der Waals surface area contributed by atoms with Crippen LogP contribution in [0.25, 0.3) is 5.57 Å². The van der Waals surface area contributed by atoms with Gasteiger partial charge >= 0.3 is 0 Å². The smallest absolute Gasteiger partial charge is 0.251 e. The molecule has 0 aromatic carbocycles. The summed E-state index contributed by atoms with van der Waals surface area (Å²) in [7, 11) is 0. The van der Waals surface area contributed by atoms with Crippen molar-refractivity contribution in [3.05, 3.63) is 78.3 Å². The van der Waals surface area contributed by atoms with E-state index in [1.165, 1.54) is 5.57 Å². The van der Waals surface area contributed by atoms with Crippen LogP contribution in [0.15, 0.2) is 67.1 Å². The lowest BCUT2D eigenvalue weighted by atomic mass is 10.1. The van der Waals surface area contributed by atoms with Crippen LogP contribution >= 0.6 is 0 Å². The Hall–Kier alpha value is -2.88. The number of amides is 1. The average molecular weight is 380 g/mol. The molecule has 28 heavy (non-hydrogen) atoms. The fourth-order valence-electron chi connectivity index (χ4n) is 2.39. The molecule has 0 saturated carbocycles. The molecule has 150 valence electrons. The van der Waals surface area contributed by atoms with E-state index in [-0.39, 0.29) is 11.4 Å². The maximum Gasteiger partial charge on any atom is 0.251 e. The number of nitrogens with zero attached hydrogens (tertiary/aromatic N) is 2. The first kappa shape index (κ1) is 23.2. The van der Waals surface area contributed by atoms with Crippen LogP contribution < -0.4 is 10.2 Å². The van der Waals surface area contributed by atoms with Gasteiger partial charge in [0, 0.05) is 23.0 Å². The van der Waals surface area contributed by atoms with Crippen molar-refractivity contribution in [3.8, 4) is 0 Å².